The first-order chi connectivity index (χ1) is 13.4. The van der Waals surface area contributed by atoms with Crippen LogP contribution in [0.3, 0.4) is 0 Å². The van der Waals surface area contributed by atoms with Crippen molar-refractivity contribution in [1.82, 2.24) is 25.6 Å². The van der Waals surface area contributed by atoms with E-state index in [1.165, 1.54) is 0 Å². The summed E-state index contributed by atoms with van der Waals surface area (Å²) in [5.74, 6) is 0.962. The zero-order valence-corrected chi connectivity index (χ0v) is 17.5. The fourth-order valence-corrected chi connectivity index (χ4v) is 3.08. The highest BCUT2D eigenvalue weighted by Gasteiger charge is 2.07. The molecular weight excluding hydrogens is 394 g/mol. The van der Waals surface area contributed by atoms with Crippen molar-refractivity contribution in [3.63, 3.8) is 0 Å². The van der Waals surface area contributed by atoms with E-state index in [4.69, 9.17) is 23.8 Å². The van der Waals surface area contributed by atoms with Crippen LogP contribution in [-0.4, -0.2) is 39.6 Å². The molecule has 7 nitrogen and oxygen atoms in total. The Kier molecular flexibility index (Phi) is 6.43. The van der Waals surface area contributed by atoms with Crippen molar-refractivity contribution < 1.29 is 0 Å². The Bertz CT molecular complexity index is 1010. The van der Waals surface area contributed by atoms with Gasteiger partial charge in [0.25, 0.3) is 0 Å². The highest BCUT2D eigenvalue weighted by Crippen LogP contribution is 2.22. The Hall–Kier alpha value is -2.71. The molecule has 28 heavy (non-hydrogen) atoms. The molecule has 0 bridgehead atoms. The highest BCUT2D eigenvalue weighted by atomic mass is 35.5. The van der Waals surface area contributed by atoms with Crippen molar-refractivity contribution in [3.8, 4) is 0 Å². The van der Waals surface area contributed by atoms with Gasteiger partial charge in [0, 0.05) is 47.1 Å². The number of fused-ring (bicyclic) bond motifs is 1. The molecular formula is C19H22ClN7S. The predicted molar refractivity (Wildman–Crippen MR) is 119 cm³/mol. The van der Waals surface area contributed by atoms with Crippen LogP contribution in [0.5, 0.6) is 0 Å². The maximum Gasteiger partial charge on any atom is 0.229 e. The standard InChI is InChI=1S/C19H22ClN7S/c1-11-8-12(2)25-18(24-11)26-17(27-19(28)21-3)22-7-6-13-10-23-16-5-4-14(20)9-15(13)16/h4-5,8-10,23H,6-7H2,1-3H3,(H3,21,22,24,25,26,27,28). The second-order valence-corrected chi connectivity index (χ2v) is 7.13. The number of H-pyrrole nitrogens is 1. The van der Waals surface area contributed by atoms with E-state index in [1.807, 2.05) is 44.3 Å². The van der Waals surface area contributed by atoms with Crippen molar-refractivity contribution in [3.05, 3.63) is 52.4 Å². The lowest BCUT2D eigenvalue weighted by Gasteiger charge is -2.12. The van der Waals surface area contributed by atoms with Gasteiger partial charge in [-0.3, -0.25) is 10.3 Å². The lowest BCUT2D eigenvalue weighted by molar-refractivity contribution is 0.959. The molecule has 146 valence electrons. The van der Waals surface area contributed by atoms with Crippen LogP contribution in [0.4, 0.5) is 5.95 Å². The molecule has 3 aromatic rings. The highest BCUT2D eigenvalue weighted by molar-refractivity contribution is 7.80. The summed E-state index contributed by atoms with van der Waals surface area (Å²) in [4.78, 5) is 16.6. The Morgan fingerprint density at radius 2 is 1.96 bits per heavy atom. The minimum Gasteiger partial charge on any atom is -0.365 e. The Balaban J connectivity index is 1.76. The monoisotopic (exact) mass is 415 g/mol. The number of guanidine groups is 1. The summed E-state index contributed by atoms with van der Waals surface area (Å²) in [6.07, 6.45) is 2.73. The summed E-state index contributed by atoms with van der Waals surface area (Å²) >= 11 is 11.3. The molecule has 0 amide bonds. The Labute approximate surface area is 174 Å². The second-order valence-electron chi connectivity index (χ2n) is 6.29. The number of aliphatic imine (C=N–C) groups is 1. The van der Waals surface area contributed by atoms with Crippen LogP contribution in [-0.2, 0) is 6.42 Å². The first-order valence-corrected chi connectivity index (χ1v) is 9.61. The Morgan fingerprint density at radius 1 is 1.21 bits per heavy atom. The molecule has 0 fully saturated rings. The second kappa shape index (κ2) is 8.99. The molecule has 0 aliphatic rings. The molecule has 0 unspecified atom stereocenters. The van der Waals surface area contributed by atoms with Crippen LogP contribution in [0.25, 0.3) is 10.9 Å². The molecule has 0 aliphatic heterocycles. The summed E-state index contributed by atoms with van der Waals surface area (Å²) in [6, 6.07) is 7.72. The predicted octanol–water partition coefficient (Wildman–Crippen LogP) is 3.33. The number of aromatic amines is 1. The number of aromatic nitrogens is 3. The average molecular weight is 416 g/mol. The first kappa shape index (κ1) is 20.0. The number of nitrogens with zero attached hydrogens (tertiary/aromatic N) is 3. The first-order valence-electron chi connectivity index (χ1n) is 8.82. The summed E-state index contributed by atoms with van der Waals surface area (Å²) in [7, 11) is 1.75. The normalized spacial score (nSPS) is 11.5. The summed E-state index contributed by atoms with van der Waals surface area (Å²) in [5.41, 5.74) is 3.96. The van der Waals surface area contributed by atoms with E-state index < -0.39 is 0 Å². The number of nitrogens with one attached hydrogen (secondary N) is 4. The van der Waals surface area contributed by atoms with Gasteiger partial charge < -0.3 is 15.6 Å². The molecule has 4 N–H and O–H groups in total. The van der Waals surface area contributed by atoms with E-state index in [0.29, 0.717) is 28.6 Å². The van der Waals surface area contributed by atoms with Crippen LogP contribution in [0.15, 0.2) is 35.5 Å². The van der Waals surface area contributed by atoms with Crippen molar-refractivity contribution in [2.75, 3.05) is 18.9 Å². The van der Waals surface area contributed by atoms with Crippen LogP contribution >= 0.6 is 23.8 Å². The third-order valence-corrected chi connectivity index (χ3v) is 4.59. The SMILES string of the molecule is CNC(=S)NC(=NCCc1c[nH]c2ccc(Cl)cc12)Nc1nc(C)cc(C)n1. The van der Waals surface area contributed by atoms with Crippen LogP contribution in [0, 0.1) is 13.8 Å². The fraction of sp³-hybridized carbons (Fsp3) is 0.263. The third-order valence-electron chi connectivity index (χ3n) is 4.05. The van der Waals surface area contributed by atoms with Gasteiger partial charge in [-0.2, -0.15) is 0 Å². The van der Waals surface area contributed by atoms with Crippen molar-refractivity contribution in [1.29, 1.82) is 0 Å². The van der Waals surface area contributed by atoms with Crippen molar-refractivity contribution >= 4 is 51.7 Å². The van der Waals surface area contributed by atoms with Gasteiger partial charge in [-0.05, 0) is 62.3 Å². The molecule has 1 aromatic carbocycles. The van der Waals surface area contributed by atoms with E-state index in [2.05, 4.69) is 35.9 Å². The van der Waals surface area contributed by atoms with Gasteiger partial charge in [0.2, 0.25) is 11.9 Å². The van der Waals surface area contributed by atoms with Crippen molar-refractivity contribution in [2.24, 2.45) is 4.99 Å². The number of thiocarbonyl (C=S) groups is 1. The largest absolute Gasteiger partial charge is 0.365 e. The topological polar surface area (TPSA) is 90.0 Å². The van der Waals surface area contributed by atoms with Crippen molar-refractivity contribution in [2.45, 2.75) is 20.3 Å². The van der Waals surface area contributed by atoms with Gasteiger partial charge >= 0.3 is 0 Å². The molecule has 0 atom stereocenters. The zero-order chi connectivity index (χ0) is 20.1. The molecule has 0 aliphatic carbocycles. The molecule has 0 saturated heterocycles. The van der Waals surface area contributed by atoms with Crippen LogP contribution in [0.2, 0.25) is 5.02 Å². The molecule has 0 radical (unpaired) electrons. The van der Waals surface area contributed by atoms with Gasteiger partial charge in [0.15, 0.2) is 5.11 Å². The summed E-state index contributed by atoms with van der Waals surface area (Å²) in [5, 5.41) is 11.3. The lowest BCUT2D eigenvalue weighted by atomic mass is 10.1. The lowest BCUT2D eigenvalue weighted by Crippen LogP contribution is -2.41. The van der Waals surface area contributed by atoms with Gasteiger partial charge in [0.1, 0.15) is 0 Å². The fourth-order valence-electron chi connectivity index (χ4n) is 2.81. The molecule has 3 rings (SSSR count). The number of anilines is 1. The van der Waals surface area contributed by atoms with E-state index in [1.54, 1.807) is 7.05 Å². The summed E-state index contributed by atoms with van der Waals surface area (Å²) in [6.45, 7) is 4.39. The number of aryl methyl sites for hydroxylation is 2. The molecule has 9 heteroatoms. The quantitative estimate of drug-likeness (QED) is 0.297. The average Bonchev–Trinajstić information content (AvgIpc) is 3.03. The summed E-state index contributed by atoms with van der Waals surface area (Å²) < 4.78 is 0. The number of hydrogen-bond acceptors (Lipinski definition) is 4. The van der Waals surface area contributed by atoms with E-state index in [0.717, 1.165) is 34.3 Å². The number of hydrogen-bond donors (Lipinski definition) is 4. The molecule has 2 aromatic heterocycles. The van der Waals surface area contributed by atoms with Crippen LogP contribution < -0.4 is 16.0 Å². The van der Waals surface area contributed by atoms with E-state index in [9.17, 15) is 0 Å². The third kappa shape index (κ3) is 5.17. The van der Waals surface area contributed by atoms with Gasteiger partial charge in [-0.25, -0.2) is 9.97 Å². The van der Waals surface area contributed by atoms with E-state index >= 15 is 0 Å². The van der Waals surface area contributed by atoms with Crippen LogP contribution in [0.1, 0.15) is 17.0 Å². The van der Waals surface area contributed by atoms with Gasteiger partial charge in [-0.1, -0.05) is 11.6 Å². The smallest absolute Gasteiger partial charge is 0.229 e. The minimum atomic E-state index is 0.453. The number of rotatable bonds is 4. The number of halogens is 1. The zero-order valence-electron chi connectivity index (χ0n) is 15.9. The maximum atomic E-state index is 6.12. The van der Waals surface area contributed by atoms with Gasteiger partial charge in [0.05, 0.1) is 0 Å². The number of benzene rings is 1. The van der Waals surface area contributed by atoms with E-state index in [-0.39, 0.29) is 0 Å². The molecule has 0 spiro atoms. The molecule has 0 saturated carbocycles. The maximum absolute atomic E-state index is 6.12. The molecule has 2 heterocycles. The Morgan fingerprint density at radius 3 is 2.68 bits per heavy atom. The minimum absolute atomic E-state index is 0.453. The van der Waals surface area contributed by atoms with Gasteiger partial charge in [-0.15, -0.1) is 0 Å².